The van der Waals surface area contributed by atoms with Gasteiger partial charge in [0.1, 0.15) is 12.7 Å². The van der Waals surface area contributed by atoms with Crippen molar-refractivity contribution in [3.63, 3.8) is 0 Å². The van der Waals surface area contributed by atoms with Crippen LogP contribution >= 0.6 is 0 Å². The third-order valence-corrected chi connectivity index (χ3v) is 6.75. The van der Waals surface area contributed by atoms with Gasteiger partial charge in [-0.3, -0.25) is 0 Å². The van der Waals surface area contributed by atoms with Crippen LogP contribution in [0.1, 0.15) is 47.0 Å². The zero-order valence-corrected chi connectivity index (χ0v) is 23.2. The molecule has 1 aliphatic rings. The second-order valence-corrected chi connectivity index (χ2v) is 9.70. The lowest BCUT2D eigenvalue weighted by atomic mass is 10.1. The van der Waals surface area contributed by atoms with Crippen molar-refractivity contribution in [2.75, 3.05) is 6.61 Å². The molecule has 4 aromatic carbocycles. The van der Waals surface area contributed by atoms with E-state index in [9.17, 15) is 19.2 Å². The summed E-state index contributed by atoms with van der Waals surface area (Å²) >= 11 is 0. The van der Waals surface area contributed by atoms with E-state index >= 15 is 0 Å². The van der Waals surface area contributed by atoms with Crippen molar-refractivity contribution in [3.8, 4) is 0 Å². The fraction of sp³-hybridized carbons (Fsp3) is 0.176. The Hall–Kier alpha value is -5.28. The first-order valence-electron chi connectivity index (χ1n) is 13.6. The summed E-state index contributed by atoms with van der Waals surface area (Å²) in [7, 11) is 0. The largest absolute Gasteiger partial charge is 0.459 e. The van der Waals surface area contributed by atoms with E-state index in [0.717, 1.165) is 0 Å². The maximum Gasteiger partial charge on any atom is 0.340 e. The number of benzene rings is 4. The Kier molecular flexibility index (Phi) is 9.23. The van der Waals surface area contributed by atoms with Gasteiger partial charge in [0, 0.05) is 0 Å². The molecule has 1 aliphatic heterocycles. The Balaban J connectivity index is 1.44. The molecule has 9 nitrogen and oxygen atoms in total. The van der Waals surface area contributed by atoms with Gasteiger partial charge < -0.3 is 23.7 Å². The normalized spacial score (nSPS) is 19.2. The van der Waals surface area contributed by atoms with Gasteiger partial charge >= 0.3 is 23.9 Å². The highest BCUT2D eigenvalue weighted by atomic mass is 16.8. The number of hydrogen-bond acceptors (Lipinski definition) is 9. The van der Waals surface area contributed by atoms with Crippen molar-refractivity contribution in [2.45, 2.75) is 31.5 Å². The van der Waals surface area contributed by atoms with Crippen LogP contribution in [0.5, 0.6) is 0 Å². The van der Waals surface area contributed by atoms with E-state index in [0.29, 0.717) is 11.1 Å². The molecule has 0 amide bonds. The molecule has 0 N–H and O–H groups in total. The molecule has 0 saturated carbocycles. The molecule has 4 atom stereocenters. The Morgan fingerprint density at radius 3 is 1.51 bits per heavy atom. The maximum absolute atomic E-state index is 13.2. The number of hydrogen-bond donors (Lipinski definition) is 0. The van der Waals surface area contributed by atoms with E-state index in [-0.39, 0.29) is 16.7 Å². The van der Waals surface area contributed by atoms with E-state index in [1.165, 1.54) is 0 Å². The molecule has 218 valence electrons. The summed E-state index contributed by atoms with van der Waals surface area (Å²) in [5, 5.41) is 0. The van der Waals surface area contributed by atoms with Crippen molar-refractivity contribution in [1.82, 2.24) is 0 Å². The SMILES string of the molecule is Cc1ccccc1C(=O)OC[C@H]1O[C@@H](OC(=O)c2ccccc2)[C@H](OC(=O)c2ccccc2)[C@@H]1OC(=O)c1ccccc1. The second kappa shape index (κ2) is 13.6. The summed E-state index contributed by atoms with van der Waals surface area (Å²) in [4.78, 5) is 52.2. The highest BCUT2D eigenvalue weighted by molar-refractivity contribution is 5.92. The van der Waals surface area contributed by atoms with Crippen LogP contribution in [0.3, 0.4) is 0 Å². The van der Waals surface area contributed by atoms with E-state index in [4.69, 9.17) is 23.7 Å². The van der Waals surface area contributed by atoms with Gasteiger partial charge in [-0.2, -0.15) is 0 Å². The van der Waals surface area contributed by atoms with Crippen LogP contribution in [-0.4, -0.2) is 55.1 Å². The molecule has 43 heavy (non-hydrogen) atoms. The lowest BCUT2D eigenvalue weighted by Crippen LogP contribution is -2.42. The smallest absolute Gasteiger partial charge is 0.340 e. The zero-order chi connectivity index (χ0) is 30.2. The molecule has 0 spiro atoms. The predicted molar refractivity (Wildman–Crippen MR) is 153 cm³/mol. The summed E-state index contributed by atoms with van der Waals surface area (Å²) < 4.78 is 28.8. The van der Waals surface area contributed by atoms with Crippen LogP contribution in [0.25, 0.3) is 0 Å². The van der Waals surface area contributed by atoms with Gasteiger partial charge in [-0.25, -0.2) is 19.2 Å². The number of rotatable bonds is 9. The average Bonchev–Trinajstić information content (AvgIpc) is 3.35. The minimum atomic E-state index is -1.49. The fourth-order valence-corrected chi connectivity index (χ4v) is 4.51. The summed E-state index contributed by atoms with van der Waals surface area (Å²) in [6.07, 6.45) is -5.34. The third kappa shape index (κ3) is 7.14. The second-order valence-electron chi connectivity index (χ2n) is 9.70. The fourth-order valence-electron chi connectivity index (χ4n) is 4.51. The summed E-state index contributed by atoms with van der Waals surface area (Å²) in [6.45, 7) is 1.38. The highest BCUT2D eigenvalue weighted by Crippen LogP contribution is 2.31. The van der Waals surface area contributed by atoms with Crippen LogP contribution in [0.2, 0.25) is 0 Å². The molecule has 4 aromatic rings. The van der Waals surface area contributed by atoms with Crippen molar-refractivity contribution in [3.05, 3.63) is 143 Å². The van der Waals surface area contributed by atoms with Gasteiger partial charge in [0.15, 0.2) is 6.10 Å². The monoisotopic (exact) mass is 580 g/mol. The molecular weight excluding hydrogens is 552 g/mol. The van der Waals surface area contributed by atoms with E-state index in [2.05, 4.69) is 0 Å². The van der Waals surface area contributed by atoms with Gasteiger partial charge in [0.2, 0.25) is 12.4 Å². The molecule has 0 aromatic heterocycles. The molecule has 1 heterocycles. The summed E-state index contributed by atoms with van der Waals surface area (Å²) in [5.74, 6) is -2.87. The number of carbonyl (C=O) groups excluding carboxylic acids is 4. The molecular formula is C34H28O9. The first-order valence-corrected chi connectivity index (χ1v) is 13.6. The zero-order valence-electron chi connectivity index (χ0n) is 23.2. The number of carbonyl (C=O) groups is 4. The van der Waals surface area contributed by atoms with Crippen LogP contribution < -0.4 is 0 Å². The molecule has 9 heteroatoms. The minimum absolute atomic E-state index is 0.221. The quantitative estimate of drug-likeness (QED) is 0.195. The Labute approximate surface area is 247 Å². The lowest BCUT2D eigenvalue weighted by molar-refractivity contribution is -0.141. The van der Waals surface area contributed by atoms with Gasteiger partial charge in [-0.05, 0) is 55.0 Å². The Morgan fingerprint density at radius 1 is 0.558 bits per heavy atom. The molecule has 0 unspecified atom stereocenters. The van der Waals surface area contributed by atoms with E-state index < -0.39 is 55.1 Å². The van der Waals surface area contributed by atoms with Crippen LogP contribution in [-0.2, 0) is 23.7 Å². The van der Waals surface area contributed by atoms with Crippen LogP contribution in [0.15, 0.2) is 115 Å². The van der Waals surface area contributed by atoms with Crippen LogP contribution in [0.4, 0.5) is 0 Å². The van der Waals surface area contributed by atoms with Crippen molar-refractivity contribution in [1.29, 1.82) is 0 Å². The maximum atomic E-state index is 13.2. The van der Waals surface area contributed by atoms with Crippen molar-refractivity contribution >= 4 is 23.9 Å². The first kappa shape index (κ1) is 29.2. The summed E-state index contributed by atoms with van der Waals surface area (Å²) in [5.41, 5.74) is 1.73. The van der Waals surface area contributed by atoms with Crippen molar-refractivity contribution in [2.24, 2.45) is 0 Å². The van der Waals surface area contributed by atoms with Gasteiger partial charge in [0.25, 0.3) is 0 Å². The number of aryl methyl sites for hydroxylation is 1. The molecule has 0 aliphatic carbocycles. The van der Waals surface area contributed by atoms with Gasteiger partial charge in [-0.15, -0.1) is 0 Å². The Morgan fingerprint density at radius 2 is 1.00 bits per heavy atom. The van der Waals surface area contributed by atoms with E-state index in [1.807, 2.05) is 0 Å². The van der Waals surface area contributed by atoms with Crippen LogP contribution in [0, 0.1) is 6.92 Å². The Bertz CT molecular complexity index is 1570. The average molecular weight is 581 g/mol. The summed E-state index contributed by atoms with van der Waals surface area (Å²) in [6, 6.07) is 31.4. The van der Waals surface area contributed by atoms with Gasteiger partial charge in [-0.1, -0.05) is 72.8 Å². The first-order chi connectivity index (χ1) is 20.9. The number of esters is 4. The number of ether oxygens (including phenoxy) is 5. The topological polar surface area (TPSA) is 114 Å². The molecule has 5 rings (SSSR count). The van der Waals surface area contributed by atoms with Crippen molar-refractivity contribution < 1.29 is 42.9 Å². The molecule has 1 saturated heterocycles. The molecule has 1 fully saturated rings. The highest BCUT2D eigenvalue weighted by Gasteiger charge is 2.52. The lowest BCUT2D eigenvalue weighted by Gasteiger charge is -2.24. The van der Waals surface area contributed by atoms with Gasteiger partial charge in [0.05, 0.1) is 22.3 Å². The standard InChI is InChI=1S/C34H28O9/c1-22-13-11-12-20-26(22)33(38)39-21-27-28(41-30(35)23-14-5-2-6-15-23)29(42-31(36)24-16-7-3-8-17-24)34(40-27)43-32(37)25-18-9-4-10-19-25/h2-20,27-29,34H,21H2,1H3/t27-,28-,29-,34+/m1/s1. The predicted octanol–water partition coefficient (Wildman–Crippen LogP) is 5.18. The minimum Gasteiger partial charge on any atom is -0.459 e. The molecule has 0 bridgehead atoms. The van der Waals surface area contributed by atoms with E-state index in [1.54, 1.807) is 122 Å². The third-order valence-electron chi connectivity index (χ3n) is 6.75. The molecule has 0 radical (unpaired) electrons.